The van der Waals surface area contributed by atoms with Gasteiger partial charge in [-0.05, 0) is 84.4 Å². The number of aryl methyl sites for hydroxylation is 2. The van der Waals surface area contributed by atoms with Crippen LogP contribution in [0, 0.1) is 13.8 Å². The van der Waals surface area contributed by atoms with E-state index < -0.39 is 0 Å². The Bertz CT molecular complexity index is 1470. The maximum absolute atomic E-state index is 13.5. The van der Waals surface area contributed by atoms with Gasteiger partial charge >= 0.3 is 0 Å². The number of aromatic nitrogens is 4. The third-order valence-corrected chi connectivity index (χ3v) is 7.11. The summed E-state index contributed by atoms with van der Waals surface area (Å²) >= 11 is 0. The molecule has 0 atom stereocenters. The van der Waals surface area contributed by atoms with Crippen molar-refractivity contribution in [3.63, 3.8) is 0 Å². The van der Waals surface area contributed by atoms with Gasteiger partial charge in [0.05, 0.1) is 22.8 Å². The molecule has 0 unspecified atom stereocenters. The lowest BCUT2D eigenvalue weighted by Crippen LogP contribution is -2.35. The van der Waals surface area contributed by atoms with Gasteiger partial charge in [-0.25, -0.2) is 9.67 Å². The standard InChI is InChI=1S/C29H39N7O3/c1-18(2)36-27-24(17-31-36)22(28(38)30-16-23-19(3)14-20(4)32-29(23)39)15-25(33-27)21-9-12-35(13-10-21)26(37)8-7-11-34(5)6/h9,14-15,17-18H,7-8,10-13,16H2,1-6H3,(H,30,38)(H,32,39). The number of aromatic amines is 1. The van der Waals surface area contributed by atoms with Gasteiger partial charge in [0.1, 0.15) is 0 Å². The van der Waals surface area contributed by atoms with E-state index in [0.717, 1.165) is 29.8 Å². The number of H-pyrrole nitrogens is 1. The van der Waals surface area contributed by atoms with E-state index in [-0.39, 0.29) is 30.0 Å². The second-order valence-electron chi connectivity index (χ2n) is 10.8. The maximum atomic E-state index is 13.5. The van der Waals surface area contributed by atoms with Crippen molar-refractivity contribution in [3.05, 3.63) is 62.8 Å². The van der Waals surface area contributed by atoms with E-state index >= 15 is 0 Å². The number of nitrogens with zero attached hydrogens (tertiary/aromatic N) is 5. The third-order valence-electron chi connectivity index (χ3n) is 7.11. The van der Waals surface area contributed by atoms with Crippen molar-refractivity contribution >= 4 is 28.4 Å². The summed E-state index contributed by atoms with van der Waals surface area (Å²) in [5, 5.41) is 8.09. The van der Waals surface area contributed by atoms with Crippen LogP contribution in [-0.2, 0) is 11.3 Å². The van der Waals surface area contributed by atoms with E-state index in [2.05, 4.69) is 20.3 Å². The largest absolute Gasteiger partial charge is 0.348 e. The lowest BCUT2D eigenvalue weighted by Gasteiger charge is -2.27. The molecule has 2 N–H and O–H groups in total. The van der Waals surface area contributed by atoms with Crippen molar-refractivity contribution in [2.75, 3.05) is 33.7 Å². The van der Waals surface area contributed by atoms with E-state index in [9.17, 15) is 14.4 Å². The number of pyridine rings is 2. The highest BCUT2D eigenvalue weighted by Crippen LogP contribution is 2.27. The predicted molar refractivity (Wildman–Crippen MR) is 153 cm³/mol. The minimum atomic E-state index is -0.291. The van der Waals surface area contributed by atoms with Gasteiger partial charge in [-0.2, -0.15) is 5.10 Å². The smallest absolute Gasteiger partial charge is 0.253 e. The zero-order valence-corrected chi connectivity index (χ0v) is 23.8. The van der Waals surface area contributed by atoms with E-state index in [0.29, 0.717) is 53.8 Å². The van der Waals surface area contributed by atoms with Crippen LogP contribution in [0.3, 0.4) is 0 Å². The Morgan fingerprint density at radius 3 is 2.62 bits per heavy atom. The van der Waals surface area contributed by atoms with Crippen molar-refractivity contribution in [1.82, 2.24) is 34.9 Å². The number of hydrogen-bond acceptors (Lipinski definition) is 6. The fraction of sp³-hybridized carbons (Fsp3) is 0.483. The van der Waals surface area contributed by atoms with Crippen LogP contribution in [0.25, 0.3) is 16.6 Å². The zero-order valence-electron chi connectivity index (χ0n) is 23.8. The average Bonchev–Trinajstić information content (AvgIpc) is 3.31. The molecule has 10 heteroatoms. The van der Waals surface area contributed by atoms with Gasteiger partial charge < -0.3 is 20.1 Å². The summed E-state index contributed by atoms with van der Waals surface area (Å²) < 4.78 is 1.81. The minimum Gasteiger partial charge on any atom is -0.348 e. The minimum absolute atomic E-state index is 0.0607. The fourth-order valence-corrected chi connectivity index (χ4v) is 4.95. The molecule has 208 valence electrons. The molecule has 10 nitrogen and oxygen atoms in total. The molecule has 0 aromatic carbocycles. The molecule has 39 heavy (non-hydrogen) atoms. The van der Waals surface area contributed by atoms with Crippen LogP contribution in [0.15, 0.2) is 29.2 Å². The van der Waals surface area contributed by atoms with Gasteiger partial charge in [0.2, 0.25) is 5.91 Å². The Balaban J connectivity index is 1.59. The molecule has 1 aliphatic heterocycles. The van der Waals surface area contributed by atoms with Crippen LogP contribution in [0.4, 0.5) is 0 Å². The SMILES string of the molecule is Cc1cc(C)c(CNC(=O)c2cc(C3=CCN(C(=O)CCCN(C)C)CC3)nc3c2cnn3C(C)C)c(=O)[nH]1. The van der Waals surface area contributed by atoms with Gasteiger partial charge in [0.15, 0.2) is 5.65 Å². The van der Waals surface area contributed by atoms with Crippen molar-refractivity contribution in [2.45, 2.75) is 59.5 Å². The number of fused-ring (bicyclic) bond motifs is 1. The number of hydrogen-bond donors (Lipinski definition) is 2. The summed E-state index contributed by atoms with van der Waals surface area (Å²) in [7, 11) is 4.01. The first kappa shape index (κ1) is 28.2. The molecule has 0 saturated heterocycles. The summed E-state index contributed by atoms with van der Waals surface area (Å²) in [5.74, 6) is -0.129. The number of rotatable bonds is 9. The third kappa shape index (κ3) is 6.44. The molecule has 1 aliphatic rings. The molecule has 0 bridgehead atoms. The molecule has 0 aliphatic carbocycles. The van der Waals surface area contributed by atoms with Gasteiger partial charge in [0.25, 0.3) is 11.5 Å². The van der Waals surface area contributed by atoms with E-state index in [1.165, 1.54) is 0 Å². The molecule has 0 radical (unpaired) electrons. The van der Waals surface area contributed by atoms with E-state index in [1.54, 1.807) is 12.3 Å². The first-order valence-electron chi connectivity index (χ1n) is 13.5. The highest BCUT2D eigenvalue weighted by Gasteiger charge is 2.23. The second-order valence-corrected chi connectivity index (χ2v) is 10.8. The highest BCUT2D eigenvalue weighted by atomic mass is 16.2. The summed E-state index contributed by atoms with van der Waals surface area (Å²) in [6.07, 6.45) is 5.74. The van der Waals surface area contributed by atoms with Crippen LogP contribution >= 0.6 is 0 Å². The topological polar surface area (TPSA) is 116 Å². The molecule has 4 rings (SSSR count). The van der Waals surface area contributed by atoms with Crippen molar-refractivity contribution in [1.29, 1.82) is 0 Å². The molecular weight excluding hydrogens is 494 g/mol. The van der Waals surface area contributed by atoms with Gasteiger partial charge in [-0.15, -0.1) is 0 Å². The Labute approximate surface area is 229 Å². The van der Waals surface area contributed by atoms with E-state index in [1.807, 2.05) is 63.5 Å². The van der Waals surface area contributed by atoms with Gasteiger partial charge in [0, 0.05) is 43.4 Å². The van der Waals surface area contributed by atoms with Crippen molar-refractivity contribution in [2.24, 2.45) is 0 Å². The molecule has 0 fully saturated rings. The highest BCUT2D eigenvalue weighted by molar-refractivity contribution is 6.06. The molecule has 0 saturated carbocycles. The molecule has 4 heterocycles. The Morgan fingerprint density at radius 1 is 1.21 bits per heavy atom. The monoisotopic (exact) mass is 533 g/mol. The molecule has 3 aromatic heterocycles. The molecule has 3 aromatic rings. The van der Waals surface area contributed by atoms with E-state index in [4.69, 9.17) is 4.98 Å². The molecule has 2 amide bonds. The van der Waals surface area contributed by atoms with Gasteiger partial charge in [-0.3, -0.25) is 14.4 Å². The maximum Gasteiger partial charge on any atom is 0.253 e. The number of carbonyl (C=O) groups excluding carboxylic acids is 2. The lowest BCUT2D eigenvalue weighted by atomic mass is 10.0. The normalized spacial score (nSPS) is 13.8. The molecule has 0 spiro atoms. The van der Waals surface area contributed by atoms with Crippen LogP contribution in [0.2, 0.25) is 0 Å². The summed E-state index contributed by atoms with van der Waals surface area (Å²) in [6, 6.07) is 3.76. The average molecular weight is 534 g/mol. The first-order chi connectivity index (χ1) is 18.5. The number of amides is 2. The molecular formula is C29H39N7O3. The van der Waals surface area contributed by atoms with Crippen LogP contribution < -0.4 is 10.9 Å². The Hall–Kier alpha value is -3.79. The second kappa shape index (κ2) is 11.9. The Morgan fingerprint density at radius 2 is 1.97 bits per heavy atom. The quantitative estimate of drug-likeness (QED) is 0.436. The lowest BCUT2D eigenvalue weighted by molar-refractivity contribution is -0.130. The number of nitrogens with one attached hydrogen (secondary N) is 2. The summed E-state index contributed by atoms with van der Waals surface area (Å²) in [5.41, 5.74) is 4.76. The zero-order chi connectivity index (χ0) is 28.3. The predicted octanol–water partition coefficient (Wildman–Crippen LogP) is 3.20. The first-order valence-corrected chi connectivity index (χ1v) is 13.5. The van der Waals surface area contributed by atoms with Crippen molar-refractivity contribution in [3.8, 4) is 0 Å². The van der Waals surface area contributed by atoms with Crippen LogP contribution in [-0.4, -0.2) is 75.1 Å². The summed E-state index contributed by atoms with van der Waals surface area (Å²) in [4.78, 5) is 50.2. The Kier molecular flexibility index (Phi) is 8.64. The number of carbonyl (C=O) groups is 2. The fourth-order valence-electron chi connectivity index (χ4n) is 4.95. The van der Waals surface area contributed by atoms with Crippen molar-refractivity contribution < 1.29 is 9.59 Å². The van der Waals surface area contributed by atoms with Crippen LogP contribution in [0.1, 0.15) is 72.0 Å². The summed E-state index contributed by atoms with van der Waals surface area (Å²) in [6.45, 7) is 9.88. The van der Waals surface area contributed by atoms with Gasteiger partial charge in [-0.1, -0.05) is 6.08 Å². The van der Waals surface area contributed by atoms with Crippen LogP contribution in [0.5, 0.6) is 0 Å².